The Morgan fingerprint density at radius 2 is 2.15 bits per heavy atom. The quantitative estimate of drug-likeness (QED) is 0.780. The number of pyridine rings is 1. The number of anilines is 1. The molecule has 0 atom stereocenters. The predicted molar refractivity (Wildman–Crippen MR) is 86.3 cm³/mol. The third kappa shape index (κ3) is 4.64. The minimum absolute atomic E-state index is 0.677. The molecule has 0 unspecified atom stereocenters. The van der Waals surface area contributed by atoms with Crippen LogP contribution in [0.15, 0.2) is 12.1 Å². The molecule has 3 nitrogen and oxygen atoms in total. The Kier molecular flexibility index (Phi) is 5.67. The van der Waals surface area contributed by atoms with Crippen molar-refractivity contribution in [2.45, 2.75) is 52.6 Å². The Labute approximate surface area is 127 Å². The average Bonchev–Trinajstić information content (AvgIpc) is 3.22. The van der Waals surface area contributed by atoms with Crippen LogP contribution in [0.25, 0.3) is 0 Å². The van der Waals surface area contributed by atoms with Crippen molar-refractivity contribution in [1.29, 1.82) is 0 Å². The van der Waals surface area contributed by atoms with Crippen LogP contribution in [-0.4, -0.2) is 29.0 Å². The summed E-state index contributed by atoms with van der Waals surface area (Å²) in [6.45, 7) is 9.62. The normalized spacial score (nSPS) is 15.1. The van der Waals surface area contributed by atoms with Gasteiger partial charge in [-0.3, -0.25) is 4.90 Å². The fourth-order valence-electron chi connectivity index (χ4n) is 2.39. The van der Waals surface area contributed by atoms with Crippen LogP contribution < -0.4 is 5.32 Å². The molecule has 1 N–H and O–H groups in total. The second-order valence-corrected chi connectivity index (χ2v) is 6.51. The van der Waals surface area contributed by atoms with Crippen LogP contribution in [0.1, 0.15) is 45.7 Å². The van der Waals surface area contributed by atoms with E-state index in [4.69, 9.17) is 11.6 Å². The highest BCUT2D eigenvalue weighted by Gasteiger charge is 2.29. The van der Waals surface area contributed by atoms with E-state index in [2.05, 4.69) is 36.0 Å². The van der Waals surface area contributed by atoms with Gasteiger partial charge in [0.15, 0.2) is 0 Å². The maximum atomic E-state index is 6.32. The number of hydrogen-bond donors (Lipinski definition) is 1. The summed E-state index contributed by atoms with van der Waals surface area (Å²) < 4.78 is 0. The first-order chi connectivity index (χ1) is 9.60. The van der Waals surface area contributed by atoms with Crippen molar-refractivity contribution in [3.8, 4) is 0 Å². The van der Waals surface area contributed by atoms with Crippen LogP contribution in [0.2, 0.25) is 5.02 Å². The van der Waals surface area contributed by atoms with Gasteiger partial charge in [-0.2, -0.15) is 0 Å². The van der Waals surface area contributed by atoms with E-state index < -0.39 is 0 Å². The summed E-state index contributed by atoms with van der Waals surface area (Å²) in [5.41, 5.74) is 1.00. The first-order valence-electron chi connectivity index (χ1n) is 7.73. The molecule has 0 bridgehead atoms. The molecule has 112 valence electrons. The number of rotatable bonds is 8. The minimum Gasteiger partial charge on any atom is -0.370 e. The zero-order valence-corrected chi connectivity index (χ0v) is 13.6. The molecule has 1 aliphatic carbocycles. The lowest BCUT2D eigenvalue weighted by Crippen LogP contribution is -2.30. The first-order valence-corrected chi connectivity index (χ1v) is 8.11. The molecule has 1 heterocycles. The van der Waals surface area contributed by atoms with Crippen molar-refractivity contribution in [2.24, 2.45) is 5.92 Å². The van der Waals surface area contributed by atoms with E-state index in [9.17, 15) is 0 Å². The summed E-state index contributed by atoms with van der Waals surface area (Å²) in [5, 5.41) is 4.11. The van der Waals surface area contributed by atoms with Gasteiger partial charge in [-0.05, 0) is 37.3 Å². The second kappa shape index (κ2) is 7.28. The second-order valence-electron chi connectivity index (χ2n) is 6.11. The Balaban J connectivity index is 2.05. The topological polar surface area (TPSA) is 28.2 Å². The molecule has 1 saturated carbocycles. The van der Waals surface area contributed by atoms with Crippen molar-refractivity contribution in [2.75, 3.05) is 18.4 Å². The van der Waals surface area contributed by atoms with E-state index in [0.29, 0.717) is 5.92 Å². The maximum absolute atomic E-state index is 6.32. The van der Waals surface area contributed by atoms with Gasteiger partial charge in [0, 0.05) is 25.7 Å². The van der Waals surface area contributed by atoms with Crippen LogP contribution in [0.5, 0.6) is 0 Å². The van der Waals surface area contributed by atoms with Gasteiger partial charge in [0.2, 0.25) is 0 Å². The van der Waals surface area contributed by atoms with Crippen molar-refractivity contribution >= 4 is 17.4 Å². The molecule has 4 heteroatoms. The summed E-state index contributed by atoms with van der Waals surface area (Å²) in [5.74, 6) is 1.61. The third-order valence-corrected chi connectivity index (χ3v) is 3.83. The largest absolute Gasteiger partial charge is 0.370 e. The van der Waals surface area contributed by atoms with E-state index in [-0.39, 0.29) is 0 Å². The van der Waals surface area contributed by atoms with Crippen LogP contribution in [0.3, 0.4) is 0 Å². The fraction of sp³-hybridized carbons (Fsp3) is 0.688. The molecule has 0 aromatic carbocycles. The van der Waals surface area contributed by atoms with E-state index in [1.54, 1.807) is 0 Å². The van der Waals surface area contributed by atoms with Gasteiger partial charge < -0.3 is 5.32 Å². The number of aromatic nitrogens is 1. The standard InChI is InChI=1S/C16H26ClN3/c1-4-9-18-16-8-7-14(17)15(19-16)11-20(10-12(2)3)13-5-6-13/h7-8,12-13H,4-6,9-11H2,1-3H3,(H,18,19). The van der Waals surface area contributed by atoms with Crippen molar-refractivity contribution < 1.29 is 0 Å². The molecule has 0 saturated heterocycles. The highest BCUT2D eigenvalue weighted by atomic mass is 35.5. The molecule has 2 rings (SSSR count). The van der Waals surface area contributed by atoms with Gasteiger partial charge >= 0.3 is 0 Å². The highest BCUT2D eigenvalue weighted by molar-refractivity contribution is 6.31. The van der Waals surface area contributed by atoms with E-state index >= 15 is 0 Å². The lowest BCUT2D eigenvalue weighted by Gasteiger charge is -2.24. The number of hydrogen-bond acceptors (Lipinski definition) is 3. The van der Waals surface area contributed by atoms with E-state index in [1.807, 2.05) is 12.1 Å². The van der Waals surface area contributed by atoms with Crippen LogP contribution >= 0.6 is 11.6 Å². The summed E-state index contributed by atoms with van der Waals surface area (Å²) >= 11 is 6.32. The van der Waals surface area contributed by atoms with Crippen molar-refractivity contribution in [1.82, 2.24) is 9.88 Å². The van der Waals surface area contributed by atoms with E-state index in [0.717, 1.165) is 48.6 Å². The van der Waals surface area contributed by atoms with Crippen molar-refractivity contribution in [3.05, 3.63) is 22.8 Å². The maximum Gasteiger partial charge on any atom is 0.126 e. The Hall–Kier alpha value is -0.800. The number of nitrogens with one attached hydrogen (secondary N) is 1. The molecule has 1 fully saturated rings. The van der Waals surface area contributed by atoms with Crippen LogP contribution in [0.4, 0.5) is 5.82 Å². The Morgan fingerprint density at radius 1 is 1.40 bits per heavy atom. The van der Waals surface area contributed by atoms with Gasteiger partial charge in [-0.1, -0.05) is 32.4 Å². The SMILES string of the molecule is CCCNc1ccc(Cl)c(CN(CC(C)C)C2CC2)n1. The zero-order valence-electron chi connectivity index (χ0n) is 12.8. The Morgan fingerprint density at radius 3 is 2.75 bits per heavy atom. The Bertz CT molecular complexity index is 430. The first kappa shape index (κ1) is 15.6. The van der Waals surface area contributed by atoms with Crippen LogP contribution in [-0.2, 0) is 6.54 Å². The average molecular weight is 296 g/mol. The van der Waals surface area contributed by atoms with E-state index in [1.165, 1.54) is 12.8 Å². The molecule has 20 heavy (non-hydrogen) atoms. The molecule has 0 radical (unpaired) electrons. The monoisotopic (exact) mass is 295 g/mol. The van der Waals surface area contributed by atoms with Gasteiger partial charge in [0.1, 0.15) is 5.82 Å². The van der Waals surface area contributed by atoms with Gasteiger partial charge in [-0.15, -0.1) is 0 Å². The molecule has 0 aliphatic heterocycles. The molecule has 1 aromatic heterocycles. The van der Waals surface area contributed by atoms with Crippen molar-refractivity contribution in [3.63, 3.8) is 0 Å². The molecule has 0 amide bonds. The van der Waals surface area contributed by atoms with Gasteiger partial charge in [0.25, 0.3) is 0 Å². The summed E-state index contributed by atoms with van der Waals surface area (Å²) in [6.07, 6.45) is 3.73. The smallest absolute Gasteiger partial charge is 0.126 e. The lowest BCUT2D eigenvalue weighted by atomic mass is 10.2. The van der Waals surface area contributed by atoms with Gasteiger partial charge in [-0.25, -0.2) is 4.98 Å². The summed E-state index contributed by atoms with van der Waals surface area (Å²) in [7, 11) is 0. The molecular weight excluding hydrogens is 270 g/mol. The van der Waals surface area contributed by atoms with Gasteiger partial charge in [0.05, 0.1) is 10.7 Å². The number of nitrogens with zero attached hydrogens (tertiary/aromatic N) is 2. The summed E-state index contributed by atoms with van der Waals surface area (Å²) in [6, 6.07) is 4.66. The zero-order chi connectivity index (χ0) is 14.5. The number of halogens is 1. The molecule has 0 spiro atoms. The van der Waals surface area contributed by atoms with Crippen LogP contribution in [0, 0.1) is 5.92 Å². The molecule has 1 aromatic rings. The third-order valence-electron chi connectivity index (χ3n) is 3.49. The molecule has 1 aliphatic rings. The molecular formula is C16H26ClN3. The predicted octanol–water partition coefficient (Wildman–Crippen LogP) is 4.18. The minimum atomic E-state index is 0.677. The lowest BCUT2D eigenvalue weighted by molar-refractivity contribution is 0.223. The highest BCUT2D eigenvalue weighted by Crippen LogP contribution is 2.30. The summed E-state index contributed by atoms with van der Waals surface area (Å²) in [4.78, 5) is 7.21. The fourth-order valence-corrected chi connectivity index (χ4v) is 2.56.